The molecule has 2 unspecified atom stereocenters. The van der Waals surface area contributed by atoms with Crippen LogP contribution in [0, 0.1) is 11.3 Å². The summed E-state index contributed by atoms with van der Waals surface area (Å²) < 4.78 is 0. The van der Waals surface area contributed by atoms with E-state index in [9.17, 15) is 0 Å². The zero-order valence-corrected chi connectivity index (χ0v) is 17.1. The maximum atomic E-state index is 2.57. The first-order chi connectivity index (χ1) is 13.0. The molecule has 0 saturated heterocycles. The van der Waals surface area contributed by atoms with Crippen molar-refractivity contribution in [2.75, 3.05) is 0 Å². The average molecular weight is 355 g/mol. The van der Waals surface area contributed by atoms with E-state index < -0.39 is 0 Å². The number of rotatable bonds is 2. The molecular formula is C27H30. The Labute approximate surface area is 164 Å². The molecule has 27 heavy (non-hydrogen) atoms. The van der Waals surface area contributed by atoms with E-state index in [1.807, 2.05) is 0 Å². The van der Waals surface area contributed by atoms with Crippen LogP contribution in [0.15, 0.2) is 75.9 Å². The van der Waals surface area contributed by atoms with Crippen molar-refractivity contribution >= 4 is 6.08 Å². The van der Waals surface area contributed by atoms with Gasteiger partial charge in [0.25, 0.3) is 0 Å². The standard InChI is InChI=1S/C27H30/c1-17-15-20-10-6-8-12-22(20)25(17)27(3,4)26-18(2)16-24-21-11-7-5-9-19(21)13-14-23(24)26/h6,8,10,12-16,24-25H,5,7,9,11H2,1-4H3. The van der Waals surface area contributed by atoms with Crippen molar-refractivity contribution < 1.29 is 0 Å². The third-order valence-corrected chi connectivity index (χ3v) is 7.34. The number of hydrogen-bond acceptors (Lipinski definition) is 0. The molecule has 0 nitrogen and oxygen atoms in total. The zero-order chi connectivity index (χ0) is 18.8. The normalized spacial score (nSPS) is 26.7. The van der Waals surface area contributed by atoms with Crippen LogP contribution < -0.4 is 0 Å². The third kappa shape index (κ3) is 2.42. The van der Waals surface area contributed by atoms with Crippen molar-refractivity contribution in [1.82, 2.24) is 0 Å². The summed E-state index contributed by atoms with van der Waals surface area (Å²) in [4.78, 5) is 0. The van der Waals surface area contributed by atoms with E-state index in [4.69, 9.17) is 0 Å². The summed E-state index contributed by atoms with van der Waals surface area (Å²) in [6.45, 7) is 9.61. The second-order valence-corrected chi connectivity index (χ2v) is 9.42. The molecule has 0 N–H and O–H groups in total. The minimum atomic E-state index is 0.0922. The van der Waals surface area contributed by atoms with E-state index >= 15 is 0 Å². The molecule has 138 valence electrons. The first-order valence-electron chi connectivity index (χ1n) is 10.6. The molecule has 0 heterocycles. The highest BCUT2D eigenvalue weighted by Gasteiger charge is 2.43. The van der Waals surface area contributed by atoms with Gasteiger partial charge in [-0.3, -0.25) is 0 Å². The molecule has 0 heteroatoms. The lowest BCUT2D eigenvalue weighted by atomic mass is 9.65. The van der Waals surface area contributed by atoms with Crippen LogP contribution in [0.2, 0.25) is 0 Å². The summed E-state index contributed by atoms with van der Waals surface area (Å²) in [6.07, 6.45) is 15.1. The molecule has 2 atom stereocenters. The number of benzene rings is 1. The largest absolute Gasteiger partial charge is 0.0697 e. The van der Waals surface area contributed by atoms with Crippen molar-refractivity contribution in [1.29, 1.82) is 0 Å². The Morgan fingerprint density at radius 3 is 2.59 bits per heavy atom. The fourth-order valence-electron chi connectivity index (χ4n) is 6.43. The molecule has 4 aliphatic rings. The fraction of sp³-hybridized carbons (Fsp3) is 0.407. The van der Waals surface area contributed by atoms with Gasteiger partial charge in [0, 0.05) is 17.3 Å². The SMILES string of the molecule is CC1=CC2C(=C1C(C)(C)C1C(C)=Cc3ccccc31)C=CC1=C2CCCC1. The van der Waals surface area contributed by atoms with E-state index in [-0.39, 0.29) is 5.41 Å². The van der Waals surface area contributed by atoms with Crippen LogP contribution in [0.3, 0.4) is 0 Å². The Kier molecular flexibility index (Phi) is 3.76. The monoisotopic (exact) mass is 354 g/mol. The van der Waals surface area contributed by atoms with Crippen molar-refractivity contribution in [2.24, 2.45) is 11.3 Å². The molecule has 0 radical (unpaired) electrons. The molecule has 0 aromatic heterocycles. The van der Waals surface area contributed by atoms with Crippen molar-refractivity contribution in [2.45, 2.75) is 59.3 Å². The average Bonchev–Trinajstić information content (AvgIpc) is 3.17. The number of allylic oxidation sites excluding steroid dienone is 9. The van der Waals surface area contributed by atoms with Gasteiger partial charge < -0.3 is 0 Å². The minimum absolute atomic E-state index is 0.0922. The van der Waals surface area contributed by atoms with Gasteiger partial charge >= 0.3 is 0 Å². The molecule has 5 rings (SSSR count). The van der Waals surface area contributed by atoms with Crippen LogP contribution in [0.25, 0.3) is 6.08 Å². The van der Waals surface area contributed by atoms with E-state index in [0.717, 1.165) is 0 Å². The topological polar surface area (TPSA) is 0 Å². The summed E-state index contributed by atoms with van der Waals surface area (Å²) in [5.41, 5.74) is 12.5. The highest BCUT2D eigenvalue weighted by Crippen LogP contribution is 2.57. The van der Waals surface area contributed by atoms with Crippen molar-refractivity contribution in [3.05, 3.63) is 87.1 Å². The molecular weight excluding hydrogens is 324 g/mol. The smallest absolute Gasteiger partial charge is 0.0242 e. The van der Waals surface area contributed by atoms with Gasteiger partial charge in [0.2, 0.25) is 0 Å². The van der Waals surface area contributed by atoms with E-state index in [1.165, 1.54) is 48.0 Å². The summed E-state index contributed by atoms with van der Waals surface area (Å²) >= 11 is 0. The molecule has 0 spiro atoms. The van der Waals surface area contributed by atoms with Gasteiger partial charge in [0.05, 0.1) is 0 Å². The molecule has 4 aliphatic carbocycles. The van der Waals surface area contributed by atoms with Gasteiger partial charge in [-0.1, -0.05) is 79.1 Å². The van der Waals surface area contributed by atoms with Crippen LogP contribution in [0.1, 0.15) is 70.4 Å². The molecule has 0 bridgehead atoms. The Morgan fingerprint density at radius 2 is 1.74 bits per heavy atom. The first kappa shape index (κ1) is 17.0. The van der Waals surface area contributed by atoms with Gasteiger partial charge in [-0.05, 0) is 67.4 Å². The molecule has 1 aromatic rings. The maximum Gasteiger partial charge on any atom is 0.0242 e. The Morgan fingerprint density at radius 1 is 0.963 bits per heavy atom. The lowest BCUT2D eigenvalue weighted by molar-refractivity contribution is 0.390. The van der Waals surface area contributed by atoms with Crippen LogP contribution in [-0.2, 0) is 0 Å². The summed E-state index contributed by atoms with van der Waals surface area (Å²) in [5.74, 6) is 1.01. The number of hydrogen-bond donors (Lipinski definition) is 0. The Hall–Kier alpha value is -2.08. The maximum absolute atomic E-state index is 2.57. The lowest BCUT2D eigenvalue weighted by Crippen LogP contribution is -2.26. The first-order valence-corrected chi connectivity index (χ1v) is 10.6. The molecule has 1 aromatic carbocycles. The quantitative estimate of drug-likeness (QED) is 0.515. The number of fused-ring (bicyclic) bond motifs is 3. The zero-order valence-electron chi connectivity index (χ0n) is 17.1. The minimum Gasteiger partial charge on any atom is -0.0697 e. The lowest BCUT2D eigenvalue weighted by Gasteiger charge is -2.38. The van der Waals surface area contributed by atoms with E-state index in [0.29, 0.717) is 11.8 Å². The third-order valence-electron chi connectivity index (χ3n) is 7.34. The van der Waals surface area contributed by atoms with Gasteiger partial charge in [0.1, 0.15) is 0 Å². The van der Waals surface area contributed by atoms with Crippen LogP contribution in [0.5, 0.6) is 0 Å². The van der Waals surface area contributed by atoms with Crippen LogP contribution in [0.4, 0.5) is 0 Å². The molecule has 0 fully saturated rings. The Bertz CT molecular complexity index is 971. The predicted octanol–water partition coefficient (Wildman–Crippen LogP) is 7.53. The second-order valence-electron chi connectivity index (χ2n) is 9.42. The highest BCUT2D eigenvalue weighted by atomic mass is 14.5. The van der Waals surface area contributed by atoms with E-state index in [1.54, 1.807) is 22.3 Å². The van der Waals surface area contributed by atoms with Crippen molar-refractivity contribution in [3.8, 4) is 0 Å². The fourth-order valence-corrected chi connectivity index (χ4v) is 6.43. The summed E-state index contributed by atoms with van der Waals surface area (Å²) in [5, 5.41) is 0. The van der Waals surface area contributed by atoms with Gasteiger partial charge in [-0.15, -0.1) is 0 Å². The summed E-state index contributed by atoms with van der Waals surface area (Å²) in [6, 6.07) is 8.97. The van der Waals surface area contributed by atoms with Gasteiger partial charge in [-0.2, -0.15) is 0 Å². The van der Waals surface area contributed by atoms with Crippen LogP contribution >= 0.6 is 0 Å². The highest BCUT2D eigenvalue weighted by molar-refractivity contribution is 5.69. The second kappa shape index (κ2) is 5.96. The van der Waals surface area contributed by atoms with Crippen LogP contribution in [-0.4, -0.2) is 0 Å². The predicted molar refractivity (Wildman–Crippen MR) is 116 cm³/mol. The molecule has 0 amide bonds. The molecule has 0 saturated carbocycles. The molecule has 0 aliphatic heterocycles. The van der Waals surface area contributed by atoms with Gasteiger partial charge in [0.15, 0.2) is 0 Å². The van der Waals surface area contributed by atoms with Crippen molar-refractivity contribution in [3.63, 3.8) is 0 Å². The van der Waals surface area contributed by atoms with Gasteiger partial charge in [-0.25, -0.2) is 0 Å². The van der Waals surface area contributed by atoms with E-state index in [2.05, 4.69) is 76.3 Å². The Balaban J connectivity index is 1.62. The summed E-state index contributed by atoms with van der Waals surface area (Å²) in [7, 11) is 0.